The van der Waals surface area contributed by atoms with Crippen LogP contribution in [0, 0.1) is 6.92 Å². The number of carbonyl (C=O) groups excluding carboxylic acids is 1. The Morgan fingerprint density at radius 3 is 2.88 bits per heavy atom. The molecular formula is C11H13N3OS. The quantitative estimate of drug-likeness (QED) is 0.762. The van der Waals surface area contributed by atoms with E-state index < -0.39 is 0 Å². The van der Waals surface area contributed by atoms with E-state index in [1.807, 2.05) is 24.7 Å². The molecule has 16 heavy (non-hydrogen) atoms. The molecule has 2 rings (SSSR count). The van der Waals surface area contributed by atoms with E-state index in [2.05, 4.69) is 10.1 Å². The van der Waals surface area contributed by atoms with Crippen molar-refractivity contribution in [3.63, 3.8) is 0 Å². The zero-order chi connectivity index (χ0) is 11.5. The van der Waals surface area contributed by atoms with Gasteiger partial charge in [-0.15, -0.1) is 11.3 Å². The van der Waals surface area contributed by atoms with Crippen LogP contribution in [0.2, 0.25) is 0 Å². The Bertz CT molecular complexity index is 501. The molecule has 0 unspecified atom stereocenters. The minimum absolute atomic E-state index is 0.112. The maximum Gasteiger partial charge on any atom is 0.178 e. The molecule has 0 bridgehead atoms. The molecule has 0 saturated heterocycles. The number of Topliss-reactive ketones (excluding diaryl/α,β-unsaturated/α-hetero) is 1. The van der Waals surface area contributed by atoms with Gasteiger partial charge in [0.05, 0.1) is 16.1 Å². The monoisotopic (exact) mass is 235 g/mol. The van der Waals surface area contributed by atoms with Crippen molar-refractivity contribution in [1.29, 1.82) is 0 Å². The smallest absolute Gasteiger partial charge is 0.178 e. The number of aryl methyl sites for hydroxylation is 2. The first-order chi connectivity index (χ1) is 7.69. The lowest BCUT2D eigenvalue weighted by atomic mass is 10.2. The van der Waals surface area contributed by atoms with Crippen molar-refractivity contribution < 1.29 is 4.79 Å². The highest BCUT2D eigenvalue weighted by Crippen LogP contribution is 2.14. The Labute approximate surface area is 97.9 Å². The number of rotatable bonds is 4. The zero-order valence-electron chi connectivity index (χ0n) is 9.30. The van der Waals surface area contributed by atoms with Gasteiger partial charge in [0.2, 0.25) is 0 Å². The van der Waals surface area contributed by atoms with E-state index in [-0.39, 0.29) is 5.78 Å². The summed E-state index contributed by atoms with van der Waals surface area (Å²) in [6.45, 7) is 4.75. The van der Waals surface area contributed by atoms with Gasteiger partial charge in [0.1, 0.15) is 0 Å². The van der Waals surface area contributed by atoms with Crippen LogP contribution in [0.5, 0.6) is 0 Å². The topological polar surface area (TPSA) is 47.8 Å². The maximum absolute atomic E-state index is 11.9. The number of carbonyl (C=O) groups is 1. The molecule has 0 saturated carbocycles. The molecule has 2 aromatic rings. The Morgan fingerprint density at radius 2 is 2.31 bits per heavy atom. The van der Waals surface area contributed by atoms with Crippen molar-refractivity contribution in [2.45, 2.75) is 26.8 Å². The molecule has 84 valence electrons. The minimum Gasteiger partial charge on any atom is -0.293 e. The molecule has 0 aliphatic heterocycles. The van der Waals surface area contributed by atoms with E-state index in [1.54, 1.807) is 12.4 Å². The fourth-order valence-electron chi connectivity index (χ4n) is 1.43. The Morgan fingerprint density at radius 1 is 1.50 bits per heavy atom. The van der Waals surface area contributed by atoms with E-state index in [9.17, 15) is 4.79 Å². The lowest BCUT2D eigenvalue weighted by Gasteiger charge is -1.94. The van der Waals surface area contributed by atoms with Crippen molar-refractivity contribution in [3.8, 4) is 0 Å². The van der Waals surface area contributed by atoms with Gasteiger partial charge in [-0.1, -0.05) is 0 Å². The van der Waals surface area contributed by atoms with Crippen molar-refractivity contribution in [1.82, 2.24) is 14.8 Å². The number of nitrogens with zero attached hydrogens (tertiary/aromatic N) is 3. The van der Waals surface area contributed by atoms with Crippen LogP contribution < -0.4 is 0 Å². The highest BCUT2D eigenvalue weighted by molar-refractivity contribution is 7.13. The van der Waals surface area contributed by atoms with Crippen LogP contribution in [0.1, 0.15) is 27.2 Å². The van der Waals surface area contributed by atoms with Crippen LogP contribution in [0.15, 0.2) is 18.6 Å². The second-order valence-electron chi connectivity index (χ2n) is 3.55. The SMILES string of the molecule is CCn1cc(CC(=O)c2cnc(C)s2)cn1. The average Bonchev–Trinajstić information content (AvgIpc) is 2.87. The Hall–Kier alpha value is -1.49. The van der Waals surface area contributed by atoms with Crippen molar-refractivity contribution in [2.24, 2.45) is 0 Å². The molecule has 0 aliphatic carbocycles. The van der Waals surface area contributed by atoms with Crippen LogP contribution >= 0.6 is 11.3 Å². The largest absolute Gasteiger partial charge is 0.293 e. The van der Waals surface area contributed by atoms with Crippen LogP contribution in [0.3, 0.4) is 0 Å². The van der Waals surface area contributed by atoms with E-state index in [4.69, 9.17) is 0 Å². The predicted octanol–water partition coefficient (Wildman–Crippen LogP) is 2.09. The number of ketones is 1. The molecule has 2 aromatic heterocycles. The first-order valence-corrected chi connectivity index (χ1v) is 5.97. The molecule has 0 N–H and O–H groups in total. The summed E-state index contributed by atoms with van der Waals surface area (Å²) in [5.41, 5.74) is 0.956. The van der Waals surface area contributed by atoms with Gasteiger partial charge >= 0.3 is 0 Å². The highest BCUT2D eigenvalue weighted by atomic mass is 32.1. The molecule has 0 aromatic carbocycles. The lowest BCUT2D eigenvalue weighted by molar-refractivity contribution is 0.0996. The van der Waals surface area contributed by atoms with Gasteiger partial charge in [-0.25, -0.2) is 4.98 Å². The average molecular weight is 235 g/mol. The fraction of sp³-hybridized carbons (Fsp3) is 0.364. The summed E-state index contributed by atoms with van der Waals surface area (Å²) in [6, 6.07) is 0. The minimum atomic E-state index is 0.112. The number of aromatic nitrogens is 3. The van der Waals surface area contributed by atoms with Gasteiger partial charge in [-0.3, -0.25) is 9.48 Å². The van der Waals surface area contributed by atoms with Gasteiger partial charge in [0.25, 0.3) is 0 Å². The van der Waals surface area contributed by atoms with Crippen molar-refractivity contribution in [3.05, 3.63) is 34.0 Å². The summed E-state index contributed by atoms with van der Waals surface area (Å²) in [4.78, 5) is 16.7. The first-order valence-electron chi connectivity index (χ1n) is 5.16. The Kier molecular flexibility index (Phi) is 3.14. The molecule has 5 heteroatoms. The lowest BCUT2D eigenvalue weighted by Crippen LogP contribution is -2.00. The normalized spacial score (nSPS) is 10.6. The summed E-state index contributed by atoms with van der Waals surface area (Å²) in [7, 11) is 0. The number of hydrogen-bond donors (Lipinski definition) is 0. The second kappa shape index (κ2) is 4.57. The van der Waals surface area contributed by atoms with Crippen molar-refractivity contribution >= 4 is 17.1 Å². The van der Waals surface area contributed by atoms with Gasteiger partial charge in [-0.2, -0.15) is 5.10 Å². The zero-order valence-corrected chi connectivity index (χ0v) is 10.1. The maximum atomic E-state index is 11.9. The third kappa shape index (κ3) is 2.36. The molecule has 4 nitrogen and oxygen atoms in total. The summed E-state index contributed by atoms with van der Waals surface area (Å²) >= 11 is 1.44. The predicted molar refractivity (Wildman–Crippen MR) is 62.8 cm³/mol. The Balaban J connectivity index is 2.07. The van der Waals surface area contributed by atoms with Crippen molar-refractivity contribution in [2.75, 3.05) is 0 Å². The molecule has 0 radical (unpaired) electrons. The summed E-state index contributed by atoms with van der Waals surface area (Å²) in [5, 5.41) is 5.06. The van der Waals surface area contributed by atoms with E-state index >= 15 is 0 Å². The molecule has 0 amide bonds. The molecule has 0 aliphatic rings. The first kappa shape index (κ1) is 11.0. The van der Waals surface area contributed by atoms with Crippen LogP contribution in [0.4, 0.5) is 0 Å². The molecular weight excluding hydrogens is 222 g/mol. The van der Waals surface area contributed by atoms with Gasteiger partial charge in [0.15, 0.2) is 5.78 Å². The summed E-state index contributed by atoms with van der Waals surface area (Å²) in [5.74, 6) is 0.112. The molecule has 2 heterocycles. The van der Waals surface area contributed by atoms with Crippen LogP contribution in [0.25, 0.3) is 0 Å². The van der Waals surface area contributed by atoms with Gasteiger partial charge < -0.3 is 0 Å². The third-order valence-corrected chi connectivity index (χ3v) is 3.23. The summed E-state index contributed by atoms with van der Waals surface area (Å²) in [6.07, 6.45) is 5.70. The van der Waals surface area contributed by atoms with Crippen LogP contribution in [-0.4, -0.2) is 20.5 Å². The molecule has 0 atom stereocenters. The second-order valence-corrected chi connectivity index (χ2v) is 4.78. The third-order valence-electron chi connectivity index (χ3n) is 2.27. The van der Waals surface area contributed by atoms with E-state index in [0.29, 0.717) is 6.42 Å². The summed E-state index contributed by atoms with van der Waals surface area (Å²) < 4.78 is 1.82. The van der Waals surface area contributed by atoms with Gasteiger partial charge in [0, 0.05) is 25.4 Å². The van der Waals surface area contributed by atoms with Crippen LogP contribution in [-0.2, 0) is 13.0 Å². The fourth-order valence-corrected chi connectivity index (χ4v) is 2.15. The van der Waals surface area contributed by atoms with E-state index in [0.717, 1.165) is 22.0 Å². The molecule has 0 fully saturated rings. The standard InChI is InChI=1S/C11H13N3OS/c1-3-14-7-9(5-13-14)4-10(15)11-6-12-8(2)16-11/h5-7H,3-4H2,1-2H3. The van der Waals surface area contributed by atoms with Gasteiger partial charge in [-0.05, 0) is 19.4 Å². The highest BCUT2D eigenvalue weighted by Gasteiger charge is 2.11. The number of thiazole rings is 1. The number of hydrogen-bond acceptors (Lipinski definition) is 4. The van der Waals surface area contributed by atoms with E-state index in [1.165, 1.54) is 11.3 Å². The molecule has 0 spiro atoms.